The largest absolute Gasteiger partial charge is 0.381 e. The van der Waals surface area contributed by atoms with Crippen molar-refractivity contribution in [1.29, 1.82) is 0 Å². The van der Waals surface area contributed by atoms with Gasteiger partial charge < -0.3 is 9.47 Å². The number of rotatable bonds is 10. The number of morpholine rings is 1. The quantitative estimate of drug-likeness (QED) is 0.609. The second kappa shape index (κ2) is 10.6. The molecule has 1 aliphatic heterocycles. The maximum absolute atomic E-state index is 5.98. The molecule has 0 bridgehead atoms. The van der Waals surface area contributed by atoms with Gasteiger partial charge in [0.25, 0.3) is 0 Å². The summed E-state index contributed by atoms with van der Waals surface area (Å²) in [6.45, 7) is 16.3. The minimum Gasteiger partial charge on any atom is -0.381 e. The molecule has 0 aromatic rings. The van der Waals surface area contributed by atoms with Gasteiger partial charge in [-0.25, -0.2) is 0 Å². The Bertz CT molecular complexity index is 250. The Morgan fingerprint density at radius 1 is 1.14 bits per heavy atom. The van der Waals surface area contributed by atoms with Crippen LogP contribution in [0.2, 0.25) is 0 Å². The minimum absolute atomic E-state index is 0.361. The van der Waals surface area contributed by atoms with Crippen LogP contribution in [0.1, 0.15) is 60.3 Å². The van der Waals surface area contributed by atoms with E-state index in [9.17, 15) is 0 Å². The van der Waals surface area contributed by atoms with Crippen LogP contribution >= 0.6 is 0 Å². The zero-order chi connectivity index (χ0) is 15.7. The monoisotopic (exact) mass is 299 g/mol. The first-order valence-corrected chi connectivity index (χ1v) is 9.00. The summed E-state index contributed by atoms with van der Waals surface area (Å²) in [4.78, 5) is 2.53. The Kier molecular flexibility index (Phi) is 9.54. The smallest absolute Gasteiger partial charge is 0.0678 e. The van der Waals surface area contributed by atoms with Gasteiger partial charge >= 0.3 is 0 Å². The van der Waals surface area contributed by atoms with Crippen molar-refractivity contribution < 1.29 is 9.47 Å². The van der Waals surface area contributed by atoms with E-state index in [4.69, 9.17) is 9.47 Å². The van der Waals surface area contributed by atoms with Crippen molar-refractivity contribution in [3.8, 4) is 0 Å². The van der Waals surface area contributed by atoms with Crippen LogP contribution in [0.15, 0.2) is 0 Å². The molecule has 1 fully saturated rings. The van der Waals surface area contributed by atoms with Crippen molar-refractivity contribution >= 4 is 0 Å². The van der Waals surface area contributed by atoms with Crippen molar-refractivity contribution in [2.75, 3.05) is 32.8 Å². The average molecular weight is 299 g/mol. The third kappa shape index (κ3) is 8.18. The molecular formula is C18H37NO2. The average Bonchev–Trinajstić information content (AvgIpc) is 2.41. The molecule has 1 aliphatic rings. The van der Waals surface area contributed by atoms with E-state index in [0.29, 0.717) is 18.1 Å². The lowest BCUT2D eigenvalue weighted by molar-refractivity contribution is -0.0738. The standard InChI is InChI=1S/C18H37NO2/c1-6-8-9-18(7-2)14-20-13-15(3)10-19-11-16(4)21-17(5)12-19/h15-18H,6-14H2,1-5H3. The van der Waals surface area contributed by atoms with Crippen molar-refractivity contribution in [1.82, 2.24) is 4.90 Å². The summed E-state index contributed by atoms with van der Waals surface area (Å²) in [7, 11) is 0. The van der Waals surface area contributed by atoms with Gasteiger partial charge in [-0.1, -0.05) is 40.0 Å². The van der Waals surface area contributed by atoms with E-state index >= 15 is 0 Å². The van der Waals surface area contributed by atoms with Crippen molar-refractivity contribution in [2.24, 2.45) is 11.8 Å². The molecule has 0 saturated carbocycles. The van der Waals surface area contributed by atoms with Crippen molar-refractivity contribution in [2.45, 2.75) is 72.5 Å². The van der Waals surface area contributed by atoms with Crippen LogP contribution in [-0.4, -0.2) is 50.0 Å². The highest BCUT2D eigenvalue weighted by Crippen LogP contribution is 2.15. The minimum atomic E-state index is 0.361. The molecule has 1 heterocycles. The zero-order valence-electron chi connectivity index (χ0n) is 14.9. The number of ether oxygens (including phenoxy) is 2. The molecule has 0 radical (unpaired) electrons. The molecule has 0 aliphatic carbocycles. The Hall–Kier alpha value is -0.120. The summed E-state index contributed by atoms with van der Waals surface area (Å²) in [6, 6.07) is 0. The molecule has 0 N–H and O–H groups in total. The molecule has 1 saturated heterocycles. The van der Waals surface area contributed by atoms with E-state index in [1.54, 1.807) is 0 Å². The number of unbranched alkanes of at least 4 members (excludes halogenated alkanes) is 1. The molecule has 3 nitrogen and oxygen atoms in total. The highest BCUT2D eigenvalue weighted by atomic mass is 16.5. The molecular weight excluding hydrogens is 262 g/mol. The molecule has 4 atom stereocenters. The molecule has 0 amide bonds. The van der Waals surface area contributed by atoms with Gasteiger partial charge in [-0.3, -0.25) is 4.90 Å². The fraction of sp³-hybridized carbons (Fsp3) is 1.00. The lowest BCUT2D eigenvalue weighted by Gasteiger charge is -2.36. The number of hydrogen-bond donors (Lipinski definition) is 0. The Labute approximate surface area is 132 Å². The summed E-state index contributed by atoms with van der Waals surface area (Å²) >= 11 is 0. The SMILES string of the molecule is CCCCC(CC)COCC(C)CN1CC(C)OC(C)C1. The van der Waals surface area contributed by atoms with E-state index < -0.39 is 0 Å². The maximum Gasteiger partial charge on any atom is 0.0678 e. The lowest BCUT2D eigenvalue weighted by Crippen LogP contribution is -2.47. The van der Waals surface area contributed by atoms with Gasteiger partial charge in [0.2, 0.25) is 0 Å². The molecule has 1 rings (SSSR count). The first-order chi connectivity index (χ1) is 10.0. The summed E-state index contributed by atoms with van der Waals surface area (Å²) < 4.78 is 11.8. The second-order valence-corrected chi connectivity index (χ2v) is 7.03. The summed E-state index contributed by atoms with van der Waals surface area (Å²) in [5.41, 5.74) is 0. The fourth-order valence-corrected chi connectivity index (χ4v) is 3.26. The maximum atomic E-state index is 5.98. The fourth-order valence-electron chi connectivity index (χ4n) is 3.26. The van der Waals surface area contributed by atoms with Gasteiger partial charge in [-0.05, 0) is 32.1 Å². The highest BCUT2D eigenvalue weighted by molar-refractivity contribution is 4.74. The van der Waals surface area contributed by atoms with Crippen LogP contribution < -0.4 is 0 Å². The predicted molar refractivity (Wildman–Crippen MR) is 89.7 cm³/mol. The van der Waals surface area contributed by atoms with E-state index in [0.717, 1.165) is 38.8 Å². The highest BCUT2D eigenvalue weighted by Gasteiger charge is 2.23. The first kappa shape index (κ1) is 18.9. The van der Waals surface area contributed by atoms with Gasteiger partial charge in [0.1, 0.15) is 0 Å². The van der Waals surface area contributed by atoms with E-state index in [1.807, 2.05) is 0 Å². The van der Waals surface area contributed by atoms with Gasteiger partial charge in [0.05, 0.1) is 18.8 Å². The van der Waals surface area contributed by atoms with Gasteiger partial charge in [-0.2, -0.15) is 0 Å². The van der Waals surface area contributed by atoms with E-state index in [-0.39, 0.29) is 0 Å². The Morgan fingerprint density at radius 2 is 1.81 bits per heavy atom. The normalized spacial score (nSPS) is 26.7. The number of nitrogens with zero attached hydrogens (tertiary/aromatic N) is 1. The van der Waals surface area contributed by atoms with Crippen LogP contribution in [0, 0.1) is 11.8 Å². The molecule has 0 aromatic carbocycles. The third-order valence-corrected chi connectivity index (χ3v) is 4.36. The Morgan fingerprint density at radius 3 is 2.38 bits per heavy atom. The summed E-state index contributed by atoms with van der Waals surface area (Å²) in [5.74, 6) is 1.35. The van der Waals surface area contributed by atoms with Crippen LogP contribution in [0.3, 0.4) is 0 Å². The lowest BCUT2D eigenvalue weighted by atomic mass is 10.0. The molecule has 0 spiro atoms. The Balaban J connectivity index is 2.16. The summed E-state index contributed by atoms with van der Waals surface area (Å²) in [6.07, 6.45) is 5.91. The van der Waals surface area contributed by atoms with Crippen molar-refractivity contribution in [3.05, 3.63) is 0 Å². The molecule has 126 valence electrons. The van der Waals surface area contributed by atoms with E-state index in [2.05, 4.69) is 39.5 Å². The van der Waals surface area contributed by atoms with Crippen LogP contribution in [0.4, 0.5) is 0 Å². The zero-order valence-corrected chi connectivity index (χ0v) is 14.9. The molecule has 0 aromatic heterocycles. The topological polar surface area (TPSA) is 21.7 Å². The number of hydrogen-bond acceptors (Lipinski definition) is 3. The van der Waals surface area contributed by atoms with Gasteiger partial charge in [0.15, 0.2) is 0 Å². The van der Waals surface area contributed by atoms with E-state index in [1.165, 1.54) is 25.7 Å². The van der Waals surface area contributed by atoms with Crippen LogP contribution in [0.25, 0.3) is 0 Å². The van der Waals surface area contributed by atoms with Gasteiger partial charge in [0, 0.05) is 26.2 Å². The summed E-state index contributed by atoms with van der Waals surface area (Å²) in [5, 5.41) is 0. The molecule has 21 heavy (non-hydrogen) atoms. The molecule has 3 heteroatoms. The van der Waals surface area contributed by atoms with Crippen LogP contribution in [0.5, 0.6) is 0 Å². The molecule has 4 unspecified atom stereocenters. The third-order valence-electron chi connectivity index (χ3n) is 4.36. The predicted octanol–water partition coefficient (Wildman–Crippen LogP) is 3.96. The van der Waals surface area contributed by atoms with Crippen molar-refractivity contribution in [3.63, 3.8) is 0 Å². The van der Waals surface area contributed by atoms with Crippen LogP contribution in [-0.2, 0) is 9.47 Å². The second-order valence-electron chi connectivity index (χ2n) is 7.03. The first-order valence-electron chi connectivity index (χ1n) is 9.00. The van der Waals surface area contributed by atoms with Gasteiger partial charge in [-0.15, -0.1) is 0 Å².